The smallest absolute Gasteiger partial charge is 1.00 e. The SMILES string of the molecule is CCOC(=O)C1=C(O)COC1=O.[H-].[Na+]. The number of hydrogen-bond donors (Lipinski definition) is 1. The summed E-state index contributed by atoms with van der Waals surface area (Å²) in [6.07, 6.45) is 0. The summed E-state index contributed by atoms with van der Waals surface area (Å²) in [5, 5.41) is 8.99. The van der Waals surface area contributed by atoms with Gasteiger partial charge in [0.15, 0.2) is 11.3 Å². The molecular weight excluding hydrogens is 187 g/mol. The van der Waals surface area contributed by atoms with Gasteiger partial charge in [-0.1, -0.05) is 0 Å². The van der Waals surface area contributed by atoms with Crippen molar-refractivity contribution in [1.82, 2.24) is 0 Å². The predicted octanol–water partition coefficient (Wildman–Crippen LogP) is -2.97. The zero-order valence-electron chi connectivity index (χ0n) is 8.49. The molecule has 0 saturated heterocycles. The van der Waals surface area contributed by atoms with E-state index in [4.69, 9.17) is 5.11 Å². The number of carbonyl (C=O) groups is 2. The summed E-state index contributed by atoms with van der Waals surface area (Å²) in [6, 6.07) is 0. The van der Waals surface area contributed by atoms with Gasteiger partial charge in [0.1, 0.15) is 6.61 Å². The third kappa shape index (κ3) is 2.72. The first-order chi connectivity index (χ1) is 5.66. The Labute approximate surface area is 98.5 Å². The fraction of sp³-hybridized carbons (Fsp3) is 0.429. The topological polar surface area (TPSA) is 72.8 Å². The van der Waals surface area contributed by atoms with Crippen LogP contribution in [-0.2, 0) is 19.1 Å². The van der Waals surface area contributed by atoms with Crippen LogP contribution in [0, 0.1) is 0 Å². The van der Waals surface area contributed by atoms with Crippen LogP contribution in [0.25, 0.3) is 0 Å². The molecule has 0 amide bonds. The van der Waals surface area contributed by atoms with E-state index in [0.29, 0.717) is 0 Å². The maximum atomic E-state index is 10.9. The van der Waals surface area contributed by atoms with Gasteiger partial charge < -0.3 is 16.0 Å². The Kier molecular flexibility index (Phi) is 5.05. The van der Waals surface area contributed by atoms with E-state index in [1.54, 1.807) is 6.92 Å². The third-order valence-electron chi connectivity index (χ3n) is 1.31. The number of hydrogen-bond acceptors (Lipinski definition) is 5. The first-order valence-corrected chi connectivity index (χ1v) is 3.43. The maximum Gasteiger partial charge on any atom is 1.00 e. The Balaban J connectivity index is 0. The van der Waals surface area contributed by atoms with Crippen molar-refractivity contribution in [3.63, 3.8) is 0 Å². The second-order valence-corrected chi connectivity index (χ2v) is 2.12. The van der Waals surface area contributed by atoms with Gasteiger partial charge in [-0.25, -0.2) is 9.59 Å². The van der Waals surface area contributed by atoms with Crippen LogP contribution >= 0.6 is 0 Å². The number of esters is 2. The van der Waals surface area contributed by atoms with Gasteiger partial charge in [-0.05, 0) is 6.92 Å². The minimum Gasteiger partial charge on any atom is -1.00 e. The minimum absolute atomic E-state index is 0. The summed E-state index contributed by atoms with van der Waals surface area (Å²) < 4.78 is 8.89. The second-order valence-electron chi connectivity index (χ2n) is 2.12. The number of cyclic esters (lactones) is 1. The molecule has 0 saturated carbocycles. The molecule has 0 aliphatic carbocycles. The summed E-state index contributed by atoms with van der Waals surface area (Å²) in [6.45, 7) is 1.52. The fourth-order valence-corrected chi connectivity index (χ4v) is 0.800. The Morgan fingerprint density at radius 3 is 2.77 bits per heavy atom. The van der Waals surface area contributed by atoms with Crippen molar-refractivity contribution < 1.29 is 55.2 Å². The standard InChI is InChI=1S/C7H8O5.Na.H/c1-2-11-6(9)5-4(8)3-12-7(5)10;;/h8H,2-3H2,1H3;;/q;+1;-1. The molecule has 5 nitrogen and oxygen atoms in total. The first kappa shape index (κ1) is 12.5. The number of aliphatic hydroxyl groups excluding tert-OH is 1. The molecule has 1 aliphatic heterocycles. The molecule has 1 heterocycles. The van der Waals surface area contributed by atoms with E-state index in [2.05, 4.69) is 9.47 Å². The summed E-state index contributed by atoms with van der Waals surface area (Å²) in [4.78, 5) is 21.7. The molecule has 68 valence electrons. The second kappa shape index (κ2) is 5.26. The van der Waals surface area contributed by atoms with Gasteiger partial charge in [0.2, 0.25) is 0 Å². The van der Waals surface area contributed by atoms with Crippen LogP contribution in [0.4, 0.5) is 0 Å². The van der Waals surface area contributed by atoms with Crippen LogP contribution in [0.5, 0.6) is 0 Å². The van der Waals surface area contributed by atoms with Crippen molar-refractivity contribution in [3.05, 3.63) is 11.3 Å². The molecule has 1 aliphatic rings. The normalized spacial score (nSPS) is 15.0. The van der Waals surface area contributed by atoms with Gasteiger partial charge in [0, 0.05) is 0 Å². The first-order valence-electron chi connectivity index (χ1n) is 3.43. The van der Waals surface area contributed by atoms with E-state index >= 15 is 0 Å². The van der Waals surface area contributed by atoms with E-state index in [9.17, 15) is 9.59 Å². The molecule has 0 unspecified atom stereocenters. The maximum absolute atomic E-state index is 10.9. The Morgan fingerprint density at radius 2 is 2.38 bits per heavy atom. The molecule has 13 heavy (non-hydrogen) atoms. The van der Waals surface area contributed by atoms with E-state index in [0.717, 1.165) is 0 Å². The van der Waals surface area contributed by atoms with Crippen LogP contribution in [-0.4, -0.2) is 30.3 Å². The Bertz CT molecular complexity index is 263. The Morgan fingerprint density at radius 1 is 1.77 bits per heavy atom. The van der Waals surface area contributed by atoms with E-state index in [1.165, 1.54) is 0 Å². The third-order valence-corrected chi connectivity index (χ3v) is 1.31. The van der Waals surface area contributed by atoms with E-state index < -0.39 is 17.5 Å². The molecule has 0 atom stereocenters. The van der Waals surface area contributed by atoms with Gasteiger partial charge in [-0.15, -0.1) is 0 Å². The summed E-state index contributed by atoms with van der Waals surface area (Å²) in [7, 11) is 0. The molecule has 0 spiro atoms. The van der Waals surface area contributed by atoms with Crippen molar-refractivity contribution in [2.75, 3.05) is 13.2 Å². The number of ether oxygens (including phenoxy) is 2. The molecule has 0 fully saturated rings. The van der Waals surface area contributed by atoms with Crippen LogP contribution in [0.15, 0.2) is 11.3 Å². The van der Waals surface area contributed by atoms with Crippen LogP contribution < -0.4 is 29.6 Å². The predicted molar refractivity (Wildman–Crippen MR) is 38.4 cm³/mol. The molecule has 0 aromatic heterocycles. The molecule has 0 radical (unpaired) electrons. The van der Waals surface area contributed by atoms with Crippen molar-refractivity contribution in [1.29, 1.82) is 0 Å². The summed E-state index contributed by atoms with van der Waals surface area (Å²) >= 11 is 0. The number of carbonyl (C=O) groups excluding carboxylic acids is 2. The monoisotopic (exact) mass is 196 g/mol. The summed E-state index contributed by atoms with van der Waals surface area (Å²) in [5.74, 6) is -2.03. The van der Waals surface area contributed by atoms with Crippen molar-refractivity contribution in [2.24, 2.45) is 0 Å². The minimum atomic E-state index is -0.836. The van der Waals surface area contributed by atoms with Crippen molar-refractivity contribution in [2.45, 2.75) is 6.92 Å². The number of rotatable bonds is 2. The van der Waals surface area contributed by atoms with Gasteiger partial charge in [-0.3, -0.25) is 0 Å². The molecule has 0 aromatic carbocycles. The molecule has 6 heteroatoms. The van der Waals surface area contributed by atoms with E-state index in [1.807, 2.05) is 0 Å². The van der Waals surface area contributed by atoms with Crippen LogP contribution in [0.1, 0.15) is 8.35 Å². The largest absolute Gasteiger partial charge is 1.00 e. The molecule has 0 bridgehead atoms. The van der Waals surface area contributed by atoms with Crippen LogP contribution in [0.3, 0.4) is 0 Å². The van der Waals surface area contributed by atoms with E-state index in [-0.39, 0.29) is 50.0 Å². The Hall–Kier alpha value is -0.520. The van der Waals surface area contributed by atoms with Gasteiger partial charge in [0.05, 0.1) is 6.61 Å². The fourth-order valence-electron chi connectivity index (χ4n) is 0.800. The van der Waals surface area contributed by atoms with Gasteiger partial charge in [-0.2, -0.15) is 0 Å². The zero-order valence-corrected chi connectivity index (χ0v) is 9.49. The molecule has 1 N–H and O–H groups in total. The van der Waals surface area contributed by atoms with Crippen molar-refractivity contribution in [3.8, 4) is 0 Å². The van der Waals surface area contributed by atoms with Gasteiger partial charge >= 0.3 is 41.5 Å². The molecule has 1 rings (SSSR count). The van der Waals surface area contributed by atoms with Crippen LogP contribution in [0.2, 0.25) is 0 Å². The molecule has 0 aromatic rings. The van der Waals surface area contributed by atoms with Gasteiger partial charge in [0.25, 0.3) is 0 Å². The average molecular weight is 196 g/mol. The quantitative estimate of drug-likeness (QED) is 0.290. The number of aliphatic hydroxyl groups is 1. The molecular formula is C7H9NaO5. The zero-order chi connectivity index (χ0) is 9.14. The average Bonchev–Trinajstić information content (AvgIpc) is 2.32. The summed E-state index contributed by atoms with van der Waals surface area (Å²) in [5.41, 5.74) is -0.392. The van der Waals surface area contributed by atoms with Crippen molar-refractivity contribution >= 4 is 11.9 Å².